The maximum Gasteiger partial charge on any atom is 0.0960 e. The first kappa shape index (κ1) is 11.8. The van der Waals surface area contributed by atoms with Gasteiger partial charge in [-0.05, 0) is 41.8 Å². The van der Waals surface area contributed by atoms with Crippen LogP contribution in [0.5, 0.6) is 0 Å². The molecule has 0 aliphatic carbocycles. The van der Waals surface area contributed by atoms with Crippen LogP contribution in [-0.2, 0) is 4.74 Å². The third kappa shape index (κ3) is 1.99. The summed E-state index contributed by atoms with van der Waals surface area (Å²) in [5.41, 5.74) is 2.77. The van der Waals surface area contributed by atoms with Gasteiger partial charge in [-0.3, -0.25) is 0 Å². The van der Waals surface area contributed by atoms with E-state index in [0.717, 1.165) is 11.4 Å². The van der Waals surface area contributed by atoms with E-state index in [-0.39, 0.29) is 6.10 Å². The molecule has 0 spiro atoms. The van der Waals surface area contributed by atoms with E-state index in [2.05, 4.69) is 36.4 Å². The molecule has 2 aliphatic rings. The van der Waals surface area contributed by atoms with Gasteiger partial charge in [-0.15, -0.1) is 11.8 Å². The van der Waals surface area contributed by atoms with Gasteiger partial charge in [-0.1, -0.05) is 35.9 Å². The quantitative estimate of drug-likeness (QED) is 0.767. The number of halogens is 1. The number of hydrogen-bond acceptors (Lipinski definition) is 2. The van der Waals surface area contributed by atoms with Crippen LogP contribution in [0.2, 0.25) is 5.02 Å². The van der Waals surface area contributed by atoms with E-state index in [1.807, 2.05) is 23.9 Å². The zero-order valence-corrected chi connectivity index (χ0v) is 11.8. The van der Waals surface area contributed by atoms with Gasteiger partial charge in [-0.2, -0.15) is 0 Å². The highest BCUT2D eigenvalue weighted by Crippen LogP contribution is 2.55. The van der Waals surface area contributed by atoms with E-state index >= 15 is 0 Å². The number of ether oxygens (including phenoxy) is 1. The molecule has 2 heterocycles. The van der Waals surface area contributed by atoms with Gasteiger partial charge < -0.3 is 4.74 Å². The van der Waals surface area contributed by atoms with Crippen LogP contribution in [0.25, 0.3) is 0 Å². The highest BCUT2D eigenvalue weighted by Gasteiger charge is 2.45. The van der Waals surface area contributed by atoms with E-state index in [1.54, 1.807) is 0 Å². The topological polar surface area (TPSA) is 9.23 Å². The molecule has 3 heteroatoms. The first-order valence-corrected chi connectivity index (χ1v) is 7.73. The van der Waals surface area contributed by atoms with Crippen molar-refractivity contribution in [1.82, 2.24) is 0 Å². The molecule has 0 aromatic heterocycles. The molecule has 3 atom stereocenters. The number of thioether (sulfide) groups is 1. The molecule has 1 nitrogen and oxygen atoms in total. The fraction of sp³-hybridized carbons (Fsp3) is 0.250. The molecule has 96 valence electrons. The first-order valence-electron chi connectivity index (χ1n) is 6.48. The lowest BCUT2D eigenvalue weighted by Crippen LogP contribution is -2.12. The monoisotopic (exact) mass is 288 g/mol. The highest BCUT2D eigenvalue weighted by atomic mass is 35.5. The van der Waals surface area contributed by atoms with Gasteiger partial charge in [-0.25, -0.2) is 0 Å². The zero-order valence-electron chi connectivity index (χ0n) is 10.3. The predicted molar refractivity (Wildman–Crippen MR) is 78.7 cm³/mol. The van der Waals surface area contributed by atoms with Gasteiger partial charge in [0.15, 0.2) is 0 Å². The number of hydrogen-bond donors (Lipinski definition) is 0. The Morgan fingerprint density at radius 1 is 1.00 bits per heavy atom. The summed E-state index contributed by atoms with van der Waals surface area (Å²) < 4.78 is 6.10. The second-order valence-electron chi connectivity index (χ2n) is 5.02. The molecular weight excluding hydrogens is 276 g/mol. The van der Waals surface area contributed by atoms with Gasteiger partial charge in [0, 0.05) is 15.2 Å². The zero-order chi connectivity index (χ0) is 12.8. The number of fused-ring (bicyclic) bond motifs is 5. The van der Waals surface area contributed by atoms with E-state index in [0.29, 0.717) is 11.4 Å². The highest BCUT2D eigenvalue weighted by molar-refractivity contribution is 8.00. The molecule has 2 aromatic carbocycles. The van der Waals surface area contributed by atoms with Crippen LogP contribution >= 0.6 is 23.4 Å². The fourth-order valence-corrected chi connectivity index (χ4v) is 4.36. The number of rotatable bonds is 2. The van der Waals surface area contributed by atoms with Crippen molar-refractivity contribution < 1.29 is 4.74 Å². The summed E-state index contributed by atoms with van der Waals surface area (Å²) in [4.78, 5) is 1.27. The SMILES string of the molecule is Clc1ccc(S[C@@H]2C[C@@H]3O[C@H]2c2ccccc23)cc1. The Labute approximate surface area is 121 Å². The maximum absolute atomic E-state index is 6.10. The third-order valence-corrected chi connectivity index (χ3v) is 5.38. The van der Waals surface area contributed by atoms with Crippen molar-refractivity contribution in [2.24, 2.45) is 0 Å². The Kier molecular flexibility index (Phi) is 2.83. The molecule has 0 N–H and O–H groups in total. The molecule has 0 radical (unpaired) electrons. The smallest absolute Gasteiger partial charge is 0.0960 e. The van der Waals surface area contributed by atoms with Gasteiger partial charge in [0.1, 0.15) is 0 Å². The largest absolute Gasteiger partial charge is 0.364 e. The van der Waals surface area contributed by atoms with Crippen LogP contribution in [0.4, 0.5) is 0 Å². The maximum atomic E-state index is 6.10. The predicted octanol–water partition coefficient (Wildman–Crippen LogP) is 5.02. The summed E-state index contributed by atoms with van der Waals surface area (Å²) in [6.07, 6.45) is 1.66. The molecule has 1 fully saturated rings. The average molecular weight is 289 g/mol. The lowest BCUT2D eigenvalue weighted by Gasteiger charge is -2.20. The minimum atomic E-state index is 0.252. The molecule has 2 aromatic rings. The molecule has 0 amide bonds. The van der Waals surface area contributed by atoms with Gasteiger partial charge in [0.2, 0.25) is 0 Å². The van der Waals surface area contributed by atoms with Crippen molar-refractivity contribution in [3.63, 3.8) is 0 Å². The number of benzene rings is 2. The molecule has 2 bridgehead atoms. The molecule has 4 rings (SSSR count). The molecule has 19 heavy (non-hydrogen) atoms. The molecule has 0 saturated carbocycles. The second-order valence-corrected chi connectivity index (χ2v) is 6.77. The standard InChI is InChI=1S/C16H13ClOS/c17-10-5-7-11(8-6-10)19-15-9-14-12-3-1-2-4-13(12)16(15)18-14/h1-8,14-16H,9H2/t14-,15+,16-/m0/s1. The summed E-state index contributed by atoms with van der Waals surface area (Å²) in [5.74, 6) is 0. The summed E-state index contributed by atoms with van der Waals surface area (Å²) >= 11 is 7.83. The summed E-state index contributed by atoms with van der Waals surface area (Å²) in [7, 11) is 0. The van der Waals surface area contributed by atoms with Crippen molar-refractivity contribution >= 4 is 23.4 Å². The van der Waals surface area contributed by atoms with Crippen LogP contribution in [-0.4, -0.2) is 5.25 Å². The van der Waals surface area contributed by atoms with Crippen LogP contribution < -0.4 is 0 Å². The Hall–Kier alpha value is -0.960. The van der Waals surface area contributed by atoms with Crippen LogP contribution in [0.3, 0.4) is 0 Å². The van der Waals surface area contributed by atoms with E-state index < -0.39 is 0 Å². The Bertz CT molecular complexity index is 610. The Morgan fingerprint density at radius 3 is 2.53 bits per heavy atom. The van der Waals surface area contributed by atoms with Crippen LogP contribution in [0.15, 0.2) is 53.4 Å². The fourth-order valence-electron chi connectivity index (χ4n) is 2.99. The molecular formula is C16H13ClOS. The van der Waals surface area contributed by atoms with Crippen molar-refractivity contribution in [2.45, 2.75) is 28.8 Å². The van der Waals surface area contributed by atoms with E-state index in [9.17, 15) is 0 Å². The van der Waals surface area contributed by atoms with E-state index in [1.165, 1.54) is 16.0 Å². The second kappa shape index (κ2) is 4.55. The normalized spacial score (nSPS) is 27.5. The minimum Gasteiger partial charge on any atom is -0.364 e. The lowest BCUT2D eigenvalue weighted by atomic mass is 9.92. The third-order valence-electron chi connectivity index (χ3n) is 3.85. The average Bonchev–Trinajstić information content (AvgIpc) is 3.00. The molecule has 1 saturated heterocycles. The summed E-state index contributed by atoms with van der Waals surface area (Å²) in [6.45, 7) is 0. The van der Waals surface area contributed by atoms with Gasteiger partial charge in [0.25, 0.3) is 0 Å². The van der Waals surface area contributed by atoms with Crippen molar-refractivity contribution in [2.75, 3.05) is 0 Å². The first-order chi connectivity index (χ1) is 9.31. The van der Waals surface area contributed by atoms with Crippen LogP contribution in [0.1, 0.15) is 29.8 Å². The van der Waals surface area contributed by atoms with Crippen molar-refractivity contribution in [1.29, 1.82) is 0 Å². The van der Waals surface area contributed by atoms with Crippen molar-refractivity contribution in [3.05, 3.63) is 64.7 Å². The van der Waals surface area contributed by atoms with Gasteiger partial charge >= 0.3 is 0 Å². The minimum absolute atomic E-state index is 0.252. The van der Waals surface area contributed by atoms with E-state index in [4.69, 9.17) is 16.3 Å². The Morgan fingerprint density at radius 2 is 1.74 bits per heavy atom. The Balaban J connectivity index is 1.58. The summed E-state index contributed by atoms with van der Waals surface area (Å²) in [5, 5.41) is 1.31. The van der Waals surface area contributed by atoms with Crippen molar-refractivity contribution in [3.8, 4) is 0 Å². The lowest BCUT2D eigenvalue weighted by molar-refractivity contribution is 0.0728. The molecule has 2 aliphatic heterocycles. The van der Waals surface area contributed by atoms with Gasteiger partial charge in [0.05, 0.1) is 12.2 Å². The summed E-state index contributed by atoms with van der Waals surface area (Å²) in [6, 6.07) is 16.7. The molecule has 0 unspecified atom stereocenters. The van der Waals surface area contributed by atoms with Crippen LogP contribution in [0, 0.1) is 0 Å².